The molecule has 0 aromatic heterocycles. The van der Waals surface area contributed by atoms with E-state index in [1.165, 1.54) is 20.0 Å². The van der Waals surface area contributed by atoms with Crippen molar-refractivity contribution in [3.8, 4) is 0 Å². The van der Waals surface area contributed by atoms with E-state index in [4.69, 9.17) is 4.74 Å². The molecule has 1 saturated carbocycles. The van der Waals surface area contributed by atoms with E-state index in [0.29, 0.717) is 6.04 Å². The van der Waals surface area contributed by atoms with Crippen molar-refractivity contribution < 1.29 is 9.53 Å². The highest BCUT2D eigenvalue weighted by atomic mass is 16.5. The van der Waals surface area contributed by atoms with Crippen molar-refractivity contribution in [3.63, 3.8) is 0 Å². The summed E-state index contributed by atoms with van der Waals surface area (Å²) in [4.78, 5) is 11.2. The van der Waals surface area contributed by atoms with Gasteiger partial charge < -0.3 is 10.1 Å². The lowest BCUT2D eigenvalue weighted by Crippen LogP contribution is -2.48. The van der Waals surface area contributed by atoms with Crippen LogP contribution in [0.25, 0.3) is 0 Å². The van der Waals surface area contributed by atoms with Crippen LogP contribution in [0.15, 0.2) is 0 Å². The van der Waals surface area contributed by atoms with Crippen molar-refractivity contribution >= 4 is 5.97 Å². The first-order chi connectivity index (χ1) is 6.17. The van der Waals surface area contributed by atoms with Crippen LogP contribution in [0.4, 0.5) is 0 Å². The number of rotatable bonds is 4. The Labute approximate surface area is 79.8 Å². The minimum Gasteiger partial charge on any atom is -0.468 e. The van der Waals surface area contributed by atoms with Crippen molar-refractivity contribution in [2.75, 3.05) is 7.11 Å². The second-order valence-corrected chi connectivity index (χ2v) is 3.92. The van der Waals surface area contributed by atoms with Crippen LogP contribution >= 0.6 is 0 Å². The molecule has 1 aliphatic carbocycles. The third-order valence-electron chi connectivity index (χ3n) is 2.70. The fourth-order valence-electron chi connectivity index (χ4n) is 1.82. The Morgan fingerprint density at radius 1 is 1.62 bits per heavy atom. The molecule has 1 unspecified atom stereocenters. The molecule has 0 amide bonds. The monoisotopic (exact) mass is 185 g/mol. The van der Waals surface area contributed by atoms with Gasteiger partial charge >= 0.3 is 5.97 Å². The predicted octanol–water partition coefficient (Wildman–Crippen LogP) is 1.33. The van der Waals surface area contributed by atoms with Gasteiger partial charge in [-0.2, -0.15) is 0 Å². The van der Waals surface area contributed by atoms with Gasteiger partial charge in [0.15, 0.2) is 0 Å². The fourth-order valence-corrected chi connectivity index (χ4v) is 1.82. The Bertz CT molecular complexity index is 176. The molecular weight excluding hydrogens is 166 g/mol. The van der Waals surface area contributed by atoms with Gasteiger partial charge in [-0.1, -0.05) is 13.8 Å². The fraction of sp³-hybridized carbons (Fsp3) is 0.900. The van der Waals surface area contributed by atoms with E-state index in [9.17, 15) is 4.79 Å². The molecule has 13 heavy (non-hydrogen) atoms. The highest BCUT2D eigenvalue weighted by Gasteiger charge is 2.29. The van der Waals surface area contributed by atoms with E-state index in [0.717, 1.165) is 12.3 Å². The molecule has 0 aromatic carbocycles. The summed E-state index contributed by atoms with van der Waals surface area (Å²) in [5.74, 6) is 0.676. The first kappa shape index (κ1) is 10.5. The average molecular weight is 185 g/mol. The topological polar surface area (TPSA) is 38.3 Å². The van der Waals surface area contributed by atoms with E-state index in [1.807, 2.05) is 6.92 Å². The van der Waals surface area contributed by atoms with E-state index in [2.05, 4.69) is 12.2 Å². The molecule has 0 aromatic rings. The lowest BCUT2D eigenvalue weighted by Gasteiger charge is -2.35. The molecule has 1 aliphatic rings. The third kappa shape index (κ3) is 2.69. The molecule has 3 heteroatoms. The van der Waals surface area contributed by atoms with Crippen LogP contribution in [-0.4, -0.2) is 25.2 Å². The van der Waals surface area contributed by atoms with Gasteiger partial charge in [-0.05, 0) is 25.2 Å². The second kappa shape index (κ2) is 4.61. The van der Waals surface area contributed by atoms with Crippen molar-refractivity contribution in [2.45, 2.75) is 45.2 Å². The van der Waals surface area contributed by atoms with Crippen LogP contribution in [0.5, 0.6) is 0 Å². The summed E-state index contributed by atoms with van der Waals surface area (Å²) in [5, 5.41) is 3.31. The third-order valence-corrected chi connectivity index (χ3v) is 2.70. The minimum absolute atomic E-state index is 0.109. The largest absolute Gasteiger partial charge is 0.468 e. The van der Waals surface area contributed by atoms with Crippen LogP contribution in [0.2, 0.25) is 0 Å². The quantitative estimate of drug-likeness (QED) is 0.671. The van der Waals surface area contributed by atoms with Gasteiger partial charge in [0.05, 0.1) is 7.11 Å². The van der Waals surface area contributed by atoms with Crippen molar-refractivity contribution in [3.05, 3.63) is 0 Å². The van der Waals surface area contributed by atoms with Crippen LogP contribution in [-0.2, 0) is 9.53 Å². The van der Waals surface area contributed by atoms with Gasteiger partial charge in [0.25, 0.3) is 0 Å². The number of nitrogens with one attached hydrogen (secondary N) is 1. The standard InChI is InChI=1S/C10H19NO2/c1-4-9(10(12)13-3)11-8-5-7(2)6-8/h7-9,11H,4-6H2,1-3H3. The number of esters is 1. The highest BCUT2D eigenvalue weighted by molar-refractivity contribution is 5.75. The van der Waals surface area contributed by atoms with Gasteiger partial charge in [-0.25, -0.2) is 0 Å². The molecule has 0 spiro atoms. The molecule has 0 bridgehead atoms. The van der Waals surface area contributed by atoms with Crippen LogP contribution < -0.4 is 5.32 Å². The smallest absolute Gasteiger partial charge is 0.322 e. The van der Waals surface area contributed by atoms with Gasteiger partial charge in [-0.3, -0.25) is 4.79 Å². The van der Waals surface area contributed by atoms with Crippen molar-refractivity contribution in [1.82, 2.24) is 5.32 Å². The zero-order valence-electron chi connectivity index (χ0n) is 8.67. The van der Waals surface area contributed by atoms with Crippen molar-refractivity contribution in [1.29, 1.82) is 0 Å². The van der Waals surface area contributed by atoms with Crippen LogP contribution in [0.3, 0.4) is 0 Å². The van der Waals surface area contributed by atoms with Gasteiger partial charge in [-0.15, -0.1) is 0 Å². The SMILES string of the molecule is CCC(NC1CC(C)C1)C(=O)OC. The summed E-state index contributed by atoms with van der Waals surface area (Å²) in [6, 6.07) is 0.418. The van der Waals surface area contributed by atoms with E-state index in [1.54, 1.807) is 0 Å². The van der Waals surface area contributed by atoms with E-state index >= 15 is 0 Å². The number of carbonyl (C=O) groups excluding carboxylic acids is 1. The van der Waals surface area contributed by atoms with Crippen LogP contribution in [0, 0.1) is 5.92 Å². The Morgan fingerprint density at radius 2 is 2.23 bits per heavy atom. The summed E-state index contributed by atoms with van der Waals surface area (Å²) < 4.78 is 4.70. The number of ether oxygens (including phenoxy) is 1. The average Bonchev–Trinajstić information content (AvgIpc) is 2.09. The molecule has 1 rings (SSSR count). The van der Waals surface area contributed by atoms with Crippen molar-refractivity contribution in [2.24, 2.45) is 5.92 Å². The number of methoxy groups -OCH3 is 1. The molecule has 0 aliphatic heterocycles. The number of carbonyl (C=O) groups is 1. The molecular formula is C10H19NO2. The van der Waals surface area contributed by atoms with Gasteiger partial charge in [0.2, 0.25) is 0 Å². The Morgan fingerprint density at radius 3 is 2.62 bits per heavy atom. The van der Waals surface area contributed by atoms with E-state index < -0.39 is 0 Å². The lowest BCUT2D eigenvalue weighted by atomic mass is 9.81. The molecule has 1 fully saturated rings. The Balaban J connectivity index is 2.28. The Hall–Kier alpha value is -0.570. The molecule has 0 radical (unpaired) electrons. The maximum atomic E-state index is 11.2. The zero-order valence-corrected chi connectivity index (χ0v) is 8.67. The molecule has 0 heterocycles. The number of hydrogen-bond donors (Lipinski definition) is 1. The Kier molecular flexibility index (Phi) is 3.72. The highest BCUT2D eigenvalue weighted by Crippen LogP contribution is 2.26. The number of hydrogen-bond acceptors (Lipinski definition) is 3. The minimum atomic E-state index is -0.137. The molecule has 1 N–H and O–H groups in total. The second-order valence-electron chi connectivity index (χ2n) is 3.92. The summed E-state index contributed by atoms with van der Waals surface area (Å²) in [6.45, 7) is 4.23. The first-order valence-corrected chi connectivity index (χ1v) is 5.01. The predicted molar refractivity (Wildman–Crippen MR) is 51.4 cm³/mol. The normalized spacial score (nSPS) is 29.2. The van der Waals surface area contributed by atoms with E-state index in [-0.39, 0.29) is 12.0 Å². The lowest BCUT2D eigenvalue weighted by molar-refractivity contribution is -0.143. The summed E-state index contributed by atoms with van der Waals surface area (Å²) >= 11 is 0. The van der Waals surface area contributed by atoms with Crippen LogP contribution in [0.1, 0.15) is 33.1 Å². The summed E-state index contributed by atoms with van der Waals surface area (Å²) in [6.07, 6.45) is 3.18. The zero-order chi connectivity index (χ0) is 9.84. The van der Waals surface area contributed by atoms with Gasteiger partial charge in [0.1, 0.15) is 6.04 Å². The maximum absolute atomic E-state index is 11.2. The summed E-state index contributed by atoms with van der Waals surface area (Å²) in [7, 11) is 1.44. The molecule has 0 saturated heterocycles. The maximum Gasteiger partial charge on any atom is 0.322 e. The molecule has 3 nitrogen and oxygen atoms in total. The summed E-state index contributed by atoms with van der Waals surface area (Å²) in [5.41, 5.74) is 0. The molecule has 76 valence electrons. The molecule has 1 atom stereocenters. The van der Waals surface area contributed by atoms with Gasteiger partial charge in [0, 0.05) is 6.04 Å². The first-order valence-electron chi connectivity index (χ1n) is 5.01.